The Morgan fingerprint density at radius 1 is 1.27 bits per heavy atom. The highest BCUT2D eigenvalue weighted by molar-refractivity contribution is 6.31. The molecule has 0 saturated heterocycles. The molecule has 0 spiro atoms. The number of benzene rings is 1. The lowest BCUT2D eigenvalue weighted by Crippen LogP contribution is -2.24. The number of anilines is 2. The Labute approximate surface area is 195 Å². The van der Waals surface area contributed by atoms with Crippen LogP contribution in [-0.2, 0) is 12.6 Å². The van der Waals surface area contributed by atoms with E-state index in [4.69, 9.17) is 17.3 Å². The summed E-state index contributed by atoms with van der Waals surface area (Å²) in [4.78, 5) is 17.5. The van der Waals surface area contributed by atoms with E-state index in [1.807, 2.05) is 18.2 Å². The molecule has 2 atom stereocenters. The fourth-order valence-electron chi connectivity index (χ4n) is 5.58. The van der Waals surface area contributed by atoms with Crippen molar-refractivity contribution in [1.29, 1.82) is 0 Å². The van der Waals surface area contributed by atoms with Crippen LogP contribution in [0, 0.1) is 17.7 Å². The molecule has 0 radical (unpaired) electrons. The third-order valence-electron chi connectivity index (χ3n) is 7.09. The maximum atomic E-state index is 13.5. The van der Waals surface area contributed by atoms with E-state index in [0.717, 1.165) is 18.5 Å². The zero-order valence-electron chi connectivity index (χ0n) is 18.1. The quantitative estimate of drug-likeness (QED) is 0.530. The van der Waals surface area contributed by atoms with E-state index in [2.05, 4.69) is 15.4 Å². The minimum absolute atomic E-state index is 0.0642. The van der Waals surface area contributed by atoms with E-state index in [9.17, 15) is 14.3 Å². The second-order valence-electron chi connectivity index (χ2n) is 9.20. The van der Waals surface area contributed by atoms with Crippen LogP contribution in [0.3, 0.4) is 0 Å². The lowest BCUT2D eigenvalue weighted by Gasteiger charge is -2.24. The Morgan fingerprint density at radius 3 is 2.64 bits per heavy atom. The number of pyridine rings is 1. The first-order chi connectivity index (χ1) is 15.7. The number of aryl methyl sites for hydroxylation is 1. The molecule has 172 valence electrons. The largest absolute Gasteiger partial charge is 0.384 e. The van der Waals surface area contributed by atoms with Crippen molar-refractivity contribution in [3.8, 4) is 0 Å². The highest BCUT2D eigenvalue weighted by atomic mass is 35.5. The van der Waals surface area contributed by atoms with Gasteiger partial charge in [0.25, 0.3) is 5.91 Å². The topological polar surface area (TPSA) is 106 Å². The van der Waals surface area contributed by atoms with Crippen molar-refractivity contribution in [2.45, 2.75) is 37.2 Å². The van der Waals surface area contributed by atoms with Crippen molar-refractivity contribution in [1.82, 2.24) is 14.8 Å². The Bertz CT molecular complexity index is 1200. The van der Waals surface area contributed by atoms with Crippen molar-refractivity contribution < 1.29 is 14.3 Å². The van der Waals surface area contributed by atoms with Gasteiger partial charge in [-0.3, -0.25) is 14.5 Å². The SMILES string of the molecule is Cn1nc(C2CC3CC(O)(c4ccccn4)CC3C2)c(C(=O)Nc2ccc(F)c(Cl)c2)c1N. The molecular formula is C24H25ClFN5O2. The number of halogens is 2. The van der Waals surface area contributed by atoms with Crippen molar-refractivity contribution >= 4 is 29.0 Å². The number of rotatable bonds is 4. The molecule has 9 heteroatoms. The molecule has 2 aromatic heterocycles. The van der Waals surface area contributed by atoms with E-state index in [1.165, 1.54) is 22.9 Å². The van der Waals surface area contributed by atoms with Gasteiger partial charge in [-0.1, -0.05) is 17.7 Å². The number of nitrogens with zero attached hydrogens (tertiary/aromatic N) is 3. The van der Waals surface area contributed by atoms with Crippen LogP contribution in [0.4, 0.5) is 15.9 Å². The zero-order chi connectivity index (χ0) is 23.3. The molecule has 2 saturated carbocycles. The third kappa shape index (κ3) is 3.87. The van der Waals surface area contributed by atoms with Gasteiger partial charge in [0, 0.05) is 24.8 Å². The van der Waals surface area contributed by atoms with Crippen molar-refractivity contribution in [3.63, 3.8) is 0 Å². The molecule has 4 N–H and O–H groups in total. The van der Waals surface area contributed by atoms with Crippen LogP contribution in [0.15, 0.2) is 42.6 Å². The van der Waals surface area contributed by atoms with Gasteiger partial charge < -0.3 is 16.2 Å². The number of hydrogen-bond acceptors (Lipinski definition) is 5. The standard InChI is InChI=1S/C24H25ClFN5O2/c1-31-22(27)20(23(32)29-16-5-6-18(26)17(25)10-16)21(30-31)13-8-14-11-24(33,12-15(14)9-13)19-4-2-3-7-28-19/h2-7,10,13-15,33H,8-9,11-12,27H2,1H3,(H,29,32). The number of nitrogens with two attached hydrogens (primary N) is 1. The number of amides is 1. The molecule has 2 fully saturated rings. The summed E-state index contributed by atoms with van der Waals surface area (Å²) in [7, 11) is 1.71. The van der Waals surface area contributed by atoms with Gasteiger partial charge in [-0.25, -0.2) is 4.39 Å². The summed E-state index contributed by atoms with van der Waals surface area (Å²) >= 11 is 5.84. The zero-order valence-corrected chi connectivity index (χ0v) is 18.9. The van der Waals surface area contributed by atoms with E-state index in [0.29, 0.717) is 41.6 Å². The van der Waals surface area contributed by atoms with Gasteiger partial charge in [-0.2, -0.15) is 5.10 Å². The van der Waals surface area contributed by atoms with Gasteiger partial charge in [0.15, 0.2) is 0 Å². The molecule has 33 heavy (non-hydrogen) atoms. The van der Waals surface area contributed by atoms with Crippen LogP contribution in [0.2, 0.25) is 5.02 Å². The van der Waals surface area contributed by atoms with Gasteiger partial charge in [-0.15, -0.1) is 0 Å². The first-order valence-electron chi connectivity index (χ1n) is 11.0. The average molecular weight is 470 g/mol. The smallest absolute Gasteiger partial charge is 0.261 e. The second-order valence-corrected chi connectivity index (χ2v) is 9.60. The summed E-state index contributed by atoms with van der Waals surface area (Å²) in [5.74, 6) is 0.0148. The van der Waals surface area contributed by atoms with E-state index >= 15 is 0 Å². The van der Waals surface area contributed by atoms with Crippen molar-refractivity contribution in [2.75, 3.05) is 11.1 Å². The molecule has 0 bridgehead atoms. The van der Waals surface area contributed by atoms with Crippen LogP contribution in [0.25, 0.3) is 0 Å². The summed E-state index contributed by atoms with van der Waals surface area (Å²) in [5.41, 5.74) is 7.41. The molecule has 2 aliphatic carbocycles. The molecule has 3 aromatic rings. The predicted octanol–water partition coefficient (Wildman–Crippen LogP) is 4.23. The summed E-state index contributed by atoms with van der Waals surface area (Å²) in [6, 6.07) is 9.63. The molecule has 2 unspecified atom stereocenters. The number of carbonyl (C=O) groups is 1. The van der Waals surface area contributed by atoms with Crippen LogP contribution < -0.4 is 11.1 Å². The number of hydrogen-bond donors (Lipinski definition) is 3. The summed E-state index contributed by atoms with van der Waals surface area (Å²) in [6.07, 6.45) is 4.63. The van der Waals surface area contributed by atoms with Crippen molar-refractivity contribution in [3.05, 3.63) is 70.4 Å². The van der Waals surface area contributed by atoms with Crippen LogP contribution >= 0.6 is 11.6 Å². The maximum absolute atomic E-state index is 13.5. The van der Waals surface area contributed by atoms with E-state index in [1.54, 1.807) is 13.2 Å². The first kappa shape index (κ1) is 21.9. The predicted molar refractivity (Wildman–Crippen MR) is 123 cm³/mol. The highest BCUT2D eigenvalue weighted by Gasteiger charge is 2.51. The molecule has 2 aliphatic rings. The van der Waals surface area contributed by atoms with Crippen LogP contribution in [-0.4, -0.2) is 25.8 Å². The lowest BCUT2D eigenvalue weighted by molar-refractivity contribution is 0.0301. The average Bonchev–Trinajstić information content (AvgIpc) is 3.41. The van der Waals surface area contributed by atoms with Crippen molar-refractivity contribution in [2.24, 2.45) is 18.9 Å². The Hall–Kier alpha value is -2.97. The molecule has 0 aliphatic heterocycles. The minimum atomic E-state index is -0.910. The monoisotopic (exact) mass is 469 g/mol. The van der Waals surface area contributed by atoms with Gasteiger partial charge >= 0.3 is 0 Å². The second kappa shape index (κ2) is 8.11. The fraction of sp³-hybridized carbons (Fsp3) is 0.375. The first-order valence-corrected chi connectivity index (χ1v) is 11.4. The van der Waals surface area contributed by atoms with Gasteiger partial charge in [0.1, 0.15) is 22.8 Å². The highest BCUT2D eigenvalue weighted by Crippen LogP contribution is 2.56. The van der Waals surface area contributed by atoms with Gasteiger partial charge in [0.05, 0.1) is 16.4 Å². The molecule has 1 amide bonds. The summed E-state index contributed by atoms with van der Waals surface area (Å²) < 4.78 is 15.0. The molecule has 2 heterocycles. The van der Waals surface area contributed by atoms with E-state index < -0.39 is 17.3 Å². The Morgan fingerprint density at radius 2 is 2.00 bits per heavy atom. The van der Waals surface area contributed by atoms with Crippen LogP contribution in [0.5, 0.6) is 0 Å². The van der Waals surface area contributed by atoms with Crippen LogP contribution in [0.1, 0.15) is 53.3 Å². The lowest BCUT2D eigenvalue weighted by atomic mass is 9.89. The Kier molecular flexibility index (Phi) is 5.37. The summed E-state index contributed by atoms with van der Waals surface area (Å²) in [6.45, 7) is 0. The number of carbonyl (C=O) groups excluding carboxylic acids is 1. The number of fused-ring (bicyclic) bond motifs is 1. The van der Waals surface area contributed by atoms with Gasteiger partial charge in [0.2, 0.25) is 0 Å². The minimum Gasteiger partial charge on any atom is -0.384 e. The maximum Gasteiger partial charge on any atom is 0.261 e. The molecular weight excluding hydrogens is 445 g/mol. The summed E-state index contributed by atoms with van der Waals surface area (Å²) in [5, 5.41) is 18.5. The molecule has 7 nitrogen and oxygen atoms in total. The number of nitrogen functional groups attached to an aromatic ring is 1. The molecule has 1 aromatic carbocycles. The molecule has 5 rings (SSSR count). The number of nitrogens with one attached hydrogen (secondary N) is 1. The number of aliphatic hydroxyl groups is 1. The van der Waals surface area contributed by atoms with E-state index in [-0.39, 0.29) is 16.8 Å². The number of aromatic nitrogens is 3. The fourth-order valence-corrected chi connectivity index (χ4v) is 5.76. The third-order valence-corrected chi connectivity index (χ3v) is 7.38. The Balaban J connectivity index is 1.36. The van der Waals surface area contributed by atoms with Gasteiger partial charge in [-0.05, 0) is 67.9 Å². The normalized spacial score (nSPS) is 26.4.